The molecule has 0 saturated carbocycles. The van der Waals surface area contributed by atoms with E-state index in [-0.39, 0.29) is 5.56 Å². The van der Waals surface area contributed by atoms with E-state index in [0.717, 1.165) is 36.2 Å². The van der Waals surface area contributed by atoms with E-state index in [1.54, 1.807) is 24.3 Å². The number of H-pyrrole nitrogens is 1. The van der Waals surface area contributed by atoms with Crippen molar-refractivity contribution in [2.75, 3.05) is 18.0 Å². The summed E-state index contributed by atoms with van der Waals surface area (Å²) in [4.78, 5) is 33.6. The molecule has 0 spiro atoms. The lowest BCUT2D eigenvalue weighted by atomic mass is 10.1. The van der Waals surface area contributed by atoms with Gasteiger partial charge in [-0.15, -0.1) is 0 Å². The summed E-state index contributed by atoms with van der Waals surface area (Å²) in [7, 11) is 0. The Morgan fingerprint density at radius 3 is 2.43 bits per heavy atom. The van der Waals surface area contributed by atoms with Gasteiger partial charge in [-0.2, -0.15) is 0 Å². The Morgan fingerprint density at radius 1 is 1.00 bits per heavy atom. The van der Waals surface area contributed by atoms with Crippen molar-refractivity contribution in [3.8, 4) is 11.6 Å². The van der Waals surface area contributed by atoms with Crippen molar-refractivity contribution in [2.45, 2.75) is 19.3 Å². The van der Waals surface area contributed by atoms with Crippen molar-refractivity contribution >= 4 is 29.2 Å². The quantitative estimate of drug-likeness (QED) is 0.626. The Balaban J connectivity index is 1.75. The van der Waals surface area contributed by atoms with Gasteiger partial charge < -0.3 is 10.0 Å². The highest BCUT2D eigenvalue weighted by molar-refractivity contribution is 6.30. The summed E-state index contributed by atoms with van der Waals surface area (Å²) in [6, 6.07) is 14.0. The zero-order valence-corrected chi connectivity index (χ0v) is 17.0. The van der Waals surface area contributed by atoms with Crippen molar-refractivity contribution in [2.24, 2.45) is 4.99 Å². The first-order valence-electron chi connectivity index (χ1n) is 9.77. The van der Waals surface area contributed by atoms with Crippen molar-refractivity contribution in [3.05, 3.63) is 80.0 Å². The fourth-order valence-corrected chi connectivity index (χ4v) is 3.72. The van der Waals surface area contributed by atoms with E-state index in [2.05, 4.69) is 14.9 Å². The third-order valence-corrected chi connectivity index (χ3v) is 5.37. The van der Waals surface area contributed by atoms with Crippen LogP contribution in [-0.2, 0) is 0 Å². The van der Waals surface area contributed by atoms with Crippen LogP contribution in [0.25, 0.3) is 5.69 Å². The van der Waals surface area contributed by atoms with Crippen LogP contribution >= 0.6 is 11.6 Å². The van der Waals surface area contributed by atoms with Gasteiger partial charge in [-0.05, 0) is 55.7 Å². The van der Waals surface area contributed by atoms with Crippen molar-refractivity contribution in [1.82, 2.24) is 9.55 Å². The minimum atomic E-state index is -0.745. The molecule has 3 aromatic rings. The molecule has 154 valence electrons. The molecule has 1 saturated heterocycles. The molecule has 8 heteroatoms. The summed E-state index contributed by atoms with van der Waals surface area (Å²) in [5, 5.41) is 11.2. The molecule has 0 bridgehead atoms. The zero-order chi connectivity index (χ0) is 21.1. The van der Waals surface area contributed by atoms with Gasteiger partial charge in [-0.25, -0.2) is 9.36 Å². The number of benzene rings is 2. The van der Waals surface area contributed by atoms with Gasteiger partial charge in [0.15, 0.2) is 0 Å². The Kier molecular flexibility index (Phi) is 5.72. The van der Waals surface area contributed by atoms with E-state index in [0.29, 0.717) is 16.4 Å². The predicted octanol–water partition coefficient (Wildman–Crippen LogP) is 3.63. The van der Waals surface area contributed by atoms with Gasteiger partial charge in [0.25, 0.3) is 5.56 Å². The van der Waals surface area contributed by atoms with E-state index >= 15 is 0 Å². The molecular weight excluding hydrogens is 404 g/mol. The number of anilines is 1. The average molecular weight is 425 g/mol. The normalized spacial score (nSPS) is 14.4. The van der Waals surface area contributed by atoms with Gasteiger partial charge >= 0.3 is 5.69 Å². The van der Waals surface area contributed by atoms with E-state index in [1.165, 1.54) is 12.6 Å². The van der Waals surface area contributed by atoms with Crippen LogP contribution in [0.2, 0.25) is 5.02 Å². The second-order valence-electron chi connectivity index (χ2n) is 7.10. The SMILES string of the molecule is O=c1[nH]c(=O)n(-c2ccc(Cl)cc2)c(O)c1C=Nc1ccccc1N1CCCCC1. The summed E-state index contributed by atoms with van der Waals surface area (Å²) in [5.74, 6) is -0.481. The fraction of sp³-hybridized carbons (Fsp3) is 0.227. The first-order valence-corrected chi connectivity index (χ1v) is 10.1. The van der Waals surface area contributed by atoms with E-state index in [4.69, 9.17) is 11.6 Å². The van der Waals surface area contributed by atoms with Crippen LogP contribution in [0.15, 0.2) is 63.1 Å². The van der Waals surface area contributed by atoms with Crippen LogP contribution in [0.5, 0.6) is 5.88 Å². The van der Waals surface area contributed by atoms with Crippen LogP contribution in [0.3, 0.4) is 0 Å². The molecule has 1 aromatic heterocycles. The average Bonchev–Trinajstić information content (AvgIpc) is 2.75. The number of nitrogens with one attached hydrogen (secondary N) is 1. The van der Waals surface area contributed by atoms with E-state index in [1.807, 2.05) is 24.3 Å². The molecule has 30 heavy (non-hydrogen) atoms. The highest BCUT2D eigenvalue weighted by atomic mass is 35.5. The Bertz CT molecular complexity index is 1190. The topological polar surface area (TPSA) is 90.7 Å². The predicted molar refractivity (Wildman–Crippen MR) is 119 cm³/mol. The number of nitrogens with zero attached hydrogens (tertiary/aromatic N) is 3. The number of aliphatic imine (C=N–C) groups is 1. The largest absolute Gasteiger partial charge is 0.493 e. The number of hydrogen-bond acceptors (Lipinski definition) is 5. The van der Waals surface area contributed by atoms with Gasteiger partial charge in [-0.3, -0.25) is 14.8 Å². The van der Waals surface area contributed by atoms with Crippen LogP contribution < -0.4 is 16.1 Å². The van der Waals surface area contributed by atoms with Gasteiger partial charge in [0, 0.05) is 24.3 Å². The van der Waals surface area contributed by atoms with Gasteiger partial charge in [0.05, 0.1) is 17.1 Å². The molecule has 2 N–H and O–H groups in total. The van der Waals surface area contributed by atoms with Crippen LogP contribution in [-0.4, -0.2) is 34.0 Å². The molecule has 1 aliphatic heterocycles. The minimum Gasteiger partial charge on any atom is -0.493 e. The van der Waals surface area contributed by atoms with Crippen LogP contribution in [0.4, 0.5) is 11.4 Å². The summed E-state index contributed by atoms with van der Waals surface area (Å²) in [6.07, 6.45) is 4.77. The number of aromatic hydroxyl groups is 1. The summed E-state index contributed by atoms with van der Waals surface area (Å²) < 4.78 is 1.01. The molecule has 2 aromatic carbocycles. The molecule has 1 fully saturated rings. The van der Waals surface area contributed by atoms with Crippen molar-refractivity contribution in [1.29, 1.82) is 0 Å². The highest BCUT2D eigenvalue weighted by Crippen LogP contribution is 2.30. The standard InChI is InChI=1S/C22H21ClN4O3/c23-15-8-10-16(11-9-15)27-21(29)17(20(28)25-22(27)30)14-24-18-6-2-3-7-19(18)26-12-4-1-5-13-26/h2-3,6-11,14,29H,1,4-5,12-13H2,(H,25,28,30). The number of hydrogen-bond donors (Lipinski definition) is 2. The third kappa shape index (κ3) is 4.02. The monoisotopic (exact) mass is 424 g/mol. The number of rotatable bonds is 4. The first-order chi connectivity index (χ1) is 14.5. The van der Waals surface area contributed by atoms with Crippen molar-refractivity contribution in [3.63, 3.8) is 0 Å². The number of halogens is 1. The Labute approximate surface area is 177 Å². The molecule has 7 nitrogen and oxygen atoms in total. The molecule has 2 heterocycles. The molecular formula is C22H21ClN4O3. The van der Waals surface area contributed by atoms with Crippen LogP contribution in [0, 0.1) is 0 Å². The van der Waals surface area contributed by atoms with Crippen molar-refractivity contribution < 1.29 is 5.11 Å². The molecule has 1 aliphatic rings. The smallest absolute Gasteiger partial charge is 0.335 e. The third-order valence-electron chi connectivity index (χ3n) is 5.12. The van der Waals surface area contributed by atoms with E-state index < -0.39 is 17.1 Å². The molecule has 0 amide bonds. The summed E-state index contributed by atoms with van der Waals surface area (Å²) in [6.45, 7) is 1.92. The second-order valence-corrected chi connectivity index (χ2v) is 7.54. The molecule has 0 radical (unpaired) electrons. The summed E-state index contributed by atoms with van der Waals surface area (Å²) >= 11 is 5.90. The maximum absolute atomic E-state index is 12.4. The second kappa shape index (κ2) is 8.59. The molecule has 0 atom stereocenters. The molecule has 0 aliphatic carbocycles. The fourth-order valence-electron chi connectivity index (χ4n) is 3.59. The first kappa shape index (κ1) is 20.0. The van der Waals surface area contributed by atoms with E-state index in [9.17, 15) is 14.7 Å². The van der Waals surface area contributed by atoms with Crippen LogP contribution in [0.1, 0.15) is 24.8 Å². The Hall–Kier alpha value is -3.32. The van der Waals surface area contributed by atoms with Gasteiger partial charge in [0.1, 0.15) is 5.56 Å². The minimum absolute atomic E-state index is 0.0991. The zero-order valence-electron chi connectivity index (χ0n) is 16.2. The number of aromatic amines is 1. The number of piperidine rings is 1. The maximum atomic E-state index is 12.4. The number of aromatic nitrogens is 2. The lowest BCUT2D eigenvalue weighted by Gasteiger charge is -2.29. The summed E-state index contributed by atoms with van der Waals surface area (Å²) in [5.41, 5.74) is 0.505. The maximum Gasteiger partial charge on any atom is 0.335 e. The Morgan fingerprint density at radius 2 is 1.70 bits per heavy atom. The van der Waals surface area contributed by atoms with Gasteiger partial charge in [-0.1, -0.05) is 23.7 Å². The lowest BCUT2D eigenvalue weighted by Crippen LogP contribution is -2.31. The lowest BCUT2D eigenvalue weighted by molar-refractivity contribution is 0.430. The van der Waals surface area contributed by atoms with Gasteiger partial charge in [0.2, 0.25) is 5.88 Å². The highest BCUT2D eigenvalue weighted by Gasteiger charge is 2.16. The molecule has 4 rings (SSSR count). The molecule has 0 unspecified atom stereocenters. The number of para-hydroxylation sites is 2.